The van der Waals surface area contributed by atoms with E-state index >= 15 is 0 Å². The number of piperidine rings is 1. The quantitative estimate of drug-likeness (QED) is 0.695. The number of aromatic nitrogens is 3. The molecule has 3 aromatic rings. The lowest BCUT2D eigenvalue weighted by molar-refractivity contribution is 0.0715. The van der Waals surface area contributed by atoms with Gasteiger partial charge in [-0.25, -0.2) is 0 Å². The second-order valence-electron chi connectivity index (χ2n) is 7.32. The number of aryl methyl sites for hydroxylation is 2. The van der Waals surface area contributed by atoms with Crippen LogP contribution in [0.1, 0.15) is 57.5 Å². The number of hydrogen-bond donors (Lipinski definition) is 0. The number of hydrogen-bond acceptors (Lipinski definition) is 4. The molecule has 0 radical (unpaired) electrons. The van der Waals surface area contributed by atoms with Crippen LogP contribution in [0.2, 0.25) is 0 Å². The van der Waals surface area contributed by atoms with Crippen LogP contribution >= 0.6 is 11.3 Å². The molecule has 5 rings (SSSR count). The normalized spacial score (nSPS) is 18.2. The third-order valence-corrected chi connectivity index (χ3v) is 6.92. The lowest BCUT2D eigenvalue weighted by atomic mass is 9.95. The molecule has 1 saturated heterocycles. The van der Waals surface area contributed by atoms with Gasteiger partial charge in [-0.05, 0) is 62.3 Å². The van der Waals surface area contributed by atoms with E-state index in [4.69, 9.17) is 0 Å². The molecule has 4 heterocycles. The van der Waals surface area contributed by atoms with Gasteiger partial charge in [-0.15, -0.1) is 21.5 Å². The van der Waals surface area contributed by atoms with Gasteiger partial charge in [-0.2, -0.15) is 0 Å². The summed E-state index contributed by atoms with van der Waals surface area (Å²) >= 11 is 1.72. The highest BCUT2D eigenvalue weighted by molar-refractivity contribution is 7.14. The van der Waals surface area contributed by atoms with E-state index < -0.39 is 0 Å². The van der Waals surface area contributed by atoms with E-state index in [0.717, 1.165) is 55.1 Å². The van der Waals surface area contributed by atoms with E-state index in [2.05, 4.69) is 20.7 Å². The largest absolute Gasteiger partial charge is 0.338 e. The molecule has 0 unspecified atom stereocenters. The zero-order valence-corrected chi connectivity index (χ0v) is 15.5. The number of likely N-dealkylation sites (tertiary alicyclic amines) is 1. The Balaban J connectivity index is 1.29. The molecule has 6 heteroatoms. The van der Waals surface area contributed by atoms with E-state index in [1.165, 1.54) is 23.3 Å². The molecule has 26 heavy (non-hydrogen) atoms. The average Bonchev–Trinajstić information content (AvgIpc) is 3.32. The van der Waals surface area contributed by atoms with Gasteiger partial charge in [-0.3, -0.25) is 9.20 Å². The molecule has 134 valence electrons. The monoisotopic (exact) mass is 366 g/mol. The average molecular weight is 366 g/mol. The van der Waals surface area contributed by atoms with Crippen molar-refractivity contribution in [3.63, 3.8) is 0 Å². The fraction of sp³-hybridized carbons (Fsp3) is 0.450. The Labute approximate surface area is 156 Å². The molecule has 0 aromatic carbocycles. The highest BCUT2D eigenvalue weighted by atomic mass is 32.1. The minimum atomic E-state index is 0.217. The Morgan fingerprint density at radius 3 is 2.81 bits per heavy atom. The van der Waals surface area contributed by atoms with Gasteiger partial charge >= 0.3 is 0 Å². The number of thiophene rings is 1. The third-order valence-electron chi connectivity index (χ3n) is 5.69. The zero-order chi connectivity index (χ0) is 17.5. The van der Waals surface area contributed by atoms with Crippen molar-refractivity contribution in [1.82, 2.24) is 19.5 Å². The molecule has 0 atom stereocenters. The molecule has 0 saturated carbocycles. The predicted molar refractivity (Wildman–Crippen MR) is 102 cm³/mol. The molecule has 5 nitrogen and oxygen atoms in total. The van der Waals surface area contributed by atoms with Crippen LogP contribution in [0.15, 0.2) is 30.5 Å². The van der Waals surface area contributed by atoms with Gasteiger partial charge in [0.15, 0.2) is 5.65 Å². The minimum Gasteiger partial charge on any atom is -0.338 e. The fourth-order valence-corrected chi connectivity index (χ4v) is 5.45. The molecule has 1 aliphatic carbocycles. The Kier molecular flexibility index (Phi) is 4.00. The van der Waals surface area contributed by atoms with Crippen LogP contribution in [0.25, 0.3) is 5.65 Å². The lowest BCUT2D eigenvalue weighted by Gasteiger charge is -2.31. The number of carbonyl (C=O) groups excluding carboxylic acids is 1. The summed E-state index contributed by atoms with van der Waals surface area (Å²) in [5, 5.41) is 8.67. The molecular weight excluding hydrogens is 344 g/mol. The summed E-state index contributed by atoms with van der Waals surface area (Å²) in [4.78, 5) is 17.3. The molecule has 3 aromatic heterocycles. The van der Waals surface area contributed by atoms with Gasteiger partial charge in [0.2, 0.25) is 0 Å². The molecule has 1 aliphatic heterocycles. The maximum Gasteiger partial charge on any atom is 0.263 e. The molecular formula is C20H22N4OS. The van der Waals surface area contributed by atoms with Crippen LogP contribution < -0.4 is 0 Å². The van der Waals surface area contributed by atoms with Crippen molar-refractivity contribution in [2.45, 2.75) is 44.4 Å². The van der Waals surface area contributed by atoms with E-state index in [1.807, 2.05) is 29.3 Å². The second-order valence-corrected chi connectivity index (χ2v) is 8.46. The van der Waals surface area contributed by atoms with Crippen molar-refractivity contribution in [2.75, 3.05) is 13.1 Å². The van der Waals surface area contributed by atoms with Crippen LogP contribution in [0.5, 0.6) is 0 Å². The summed E-state index contributed by atoms with van der Waals surface area (Å²) in [7, 11) is 0. The summed E-state index contributed by atoms with van der Waals surface area (Å²) in [5.74, 6) is 1.61. The first-order chi connectivity index (χ1) is 12.8. The Bertz CT molecular complexity index is 928. The van der Waals surface area contributed by atoms with Crippen LogP contribution in [-0.2, 0) is 12.8 Å². The van der Waals surface area contributed by atoms with Gasteiger partial charge in [0, 0.05) is 30.1 Å². The number of nitrogens with zero attached hydrogens (tertiary/aromatic N) is 4. The van der Waals surface area contributed by atoms with Gasteiger partial charge in [0.1, 0.15) is 5.82 Å². The van der Waals surface area contributed by atoms with E-state index in [1.54, 1.807) is 11.3 Å². The van der Waals surface area contributed by atoms with E-state index in [-0.39, 0.29) is 5.91 Å². The maximum absolute atomic E-state index is 12.9. The Morgan fingerprint density at radius 1 is 1.12 bits per heavy atom. The molecule has 1 fully saturated rings. The second kappa shape index (κ2) is 6.50. The van der Waals surface area contributed by atoms with Gasteiger partial charge in [-0.1, -0.05) is 6.07 Å². The van der Waals surface area contributed by atoms with Crippen molar-refractivity contribution in [3.05, 3.63) is 51.6 Å². The maximum atomic E-state index is 12.9. The number of fused-ring (bicyclic) bond motifs is 2. The minimum absolute atomic E-state index is 0.217. The van der Waals surface area contributed by atoms with Crippen molar-refractivity contribution < 1.29 is 4.79 Å². The standard InChI is InChI=1S/C20H22N4OS/c25-20(17-13-15-5-1-2-6-16(15)26-17)23-11-8-14(9-12-23)19-22-21-18-7-3-4-10-24(18)19/h3-4,7,10,13-14H,1-2,5-6,8-9,11-12H2. The van der Waals surface area contributed by atoms with Crippen molar-refractivity contribution in [3.8, 4) is 0 Å². The molecule has 1 amide bonds. The van der Waals surface area contributed by atoms with Crippen LogP contribution in [0, 0.1) is 0 Å². The molecule has 0 bridgehead atoms. The SMILES string of the molecule is O=C(c1cc2c(s1)CCCC2)N1CCC(c2nnc3ccccn23)CC1. The lowest BCUT2D eigenvalue weighted by Crippen LogP contribution is -2.37. The summed E-state index contributed by atoms with van der Waals surface area (Å²) in [6, 6.07) is 8.13. The highest BCUT2D eigenvalue weighted by Gasteiger charge is 2.28. The Hall–Kier alpha value is -2.21. The van der Waals surface area contributed by atoms with Crippen molar-refractivity contribution in [2.24, 2.45) is 0 Å². The van der Waals surface area contributed by atoms with Gasteiger partial charge < -0.3 is 4.90 Å². The predicted octanol–water partition coefficient (Wildman–Crippen LogP) is 3.69. The number of rotatable bonds is 2. The molecule has 0 N–H and O–H groups in total. The number of pyridine rings is 1. The van der Waals surface area contributed by atoms with Crippen molar-refractivity contribution in [1.29, 1.82) is 0 Å². The first-order valence-electron chi connectivity index (χ1n) is 9.50. The smallest absolute Gasteiger partial charge is 0.263 e. The first kappa shape index (κ1) is 16.0. The third kappa shape index (κ3) is 2.72. The summed E-state index contributed by atoms with van der Waals surface area (Å²) in [6.45, 7) is 1.60. The van der Waals surface area contributed by atoms with E-state index in [0.29, 0.717) is 5.92 Å². The number of carbonyl (C=O) groups is 1. The summed E-state index contributed by atoms with van der Waals surface area (Å²) in [6.07, 6.45) is 8.74. The highest BCUT2D eigenvalue weighted by Crippen LogP contribution is 2.32. The fourth-order valence-electron chi connectivity index (χ4n) is 4.23. The van der Waals surface area contributed by atoms with E-state index in [9.17, 15) is 4.79 Å². The van der Waals surface area contributed by atoms with Crippen LogP contribution in [0.3, 0.4) is 0 Å². The van der Waals surface area contributed by atoms with Crippen LogP contribution in [-0.4, -0.2) is 38.5 Å². The topological polar surface area (TPSA) is 50.5 Å². The van der Waals surface area contributed by atoms with Gasteiger partial charge in [0.25, 0.3) is 5.91 Å². The Morgan fingerprint density at radius 2 is 1.96 bits per heavy atom. The molecule has 2 aliphatic rings. The molecule has 0 spiro atoms. The van der Waals surface area contributed by atoms with Gasteiger partial charge in [0.05, 0.1) is 4.88 Å². The summed E-state index contributed by atoms with van der Waals surface area (Å²) < 4.78 is 2.08. The first-order valence-corrected chi connectivity index (χ1v) is 10.3. The van der Waals surface area contributed by atoms with Crippen molar-refractivity contribution >= 4 is 22.9 Å². The number of amides is 1. The summed E-state index contributed by atoms with van der Waals surface area (Å²) in [5.41, 5.74) is 2.31. The van der Waals surface area contributed by atoms with Crippen LogP contribution in [0.4, 0.5) is 0 Å². The zero-order valence-electron chi connectivity index (χ0n) is 14.7.